The predicted octanol–water partition coefficient (Wildman–Crippen LogP) is 4.26. The number of nitrogens with zero attached hydrogens (tertiary/aromatic N) is 5. The minimum absolute atomic E-state index is 0.0113. The van der Waals surface area contributed by atoms with Gasteiger partial charge in [0.2, 0.25) is 5.88 Å². The van der Waals surface area contributed by atoms with Crippen LogP contribution in [0.5, 0.6) is 11.6 Å². The van der Waals surface area contributed by atoms with Crippen molar-refractivity contribution in [1.82, 2.24) is 25.0 Å². The Kier molecular flexibility index (Phi) is 7.41. The number of nitrogens with one attached hydrogen (secondary N) is 1. The van der Waals surface area contributed by atoms with E-state index in [9.17, 15) is 18.0 Å². The van der Waals surface area contributed by atoms with Gasteiger partial charge in [-0.15, -0.1) is 0 Å². The summed E-state index contributed by atoms with van der Waals surface area (Å²) >= 11 is 0. The number of halogens is 3. The predicted molar refractivity (Wildman–Crippen MR) is 135 cm³/mol. The molecule has 0 atom stereocenters. The molecular formula is C26H24F3N7O3. The molecule has 1 aromatic carbocycles. The summed E-state index contributed by atoms with van der Waals surface area (Å²) in [5.74, 6) is -0.916. The fraction of sp³-hybridized carbons (Fsp3) is 0.269. The summed E-state index contributed by atoms with van der Waals surface area (Å²) in [6, 6.07) is 8.49. The van der Waals surface area contributed by atoms with Crippen molar-refractivity contribution in [3.05, 3.63) is 72.4 Å². The van der Waals surface area contributed by atoms with Gasteiger partial charge in [-0.3, -0.25) is 4.79 Å². The number of benzene rings is 1. The number of nitrogens with two attached hydrogens (primary N) is 1. The van der Waals surface area contributed by atoms with Gasteiger partial charge in [-0.25, -0.2) is 9.67 Å². The van der Waals surface area contributed by atoms with Crippen molar-refractivity contribution in [2.75, 3.05) is 18.5 Å². The Bertz CT molecular complexity index is 1460. The van der Waals surface area contributed by atoms with Gasteiger partial charge in [0.25, 0.3) is 5.91 Å². The normalized spacial score (nSPS) is 13.5. The van der Waals surface area contributed by atoms with Crippen LogP contribution in [0.15, 0.2) is 61.2 Å². The van der Waals surface area contributed by atoms with E-state index in [-0.39, 0.29) is 53.4 Å². The Labute approximate surface area is 221 Å². The van der Waals surface area contributed by atoms with Crippen LogP contribution in [-0.2, 0) is 6.18 Å². The molecule has 0 radical (unpaired) electrons. The number of aromatic nitrogens is 5. The molecule has 39 heavy (non-hydrogen) atoms. The number of ether oxygens (including phenoxy) is 2. The van der Waals surface area contributed by atoms with E-state index in [1.165, 1.54) is 59.8 Å². The molecule has 1 aliphatic rings. The lowest BCUT2D eigenvalue weighted by molar-refractivity contribution is -0.139. The molecule has 1 aliphatic carbocycles. The lowest BCUT2D eigenvalue weighted by Crippen LogP contribution is -2.26. The number of carbonyl (C=O) groups is 1. The van der Waals surface area contributed by atoms with Crippen molar-refractivity contribution in [3.63, 3.8) is 0 Å². The molecule has 3 N–H and O–H groups in total. The standard InChI is InChI=1S/C26H24F3N7O3/c27-26(28,29)24-21(39-18-2-1-3-18)5-4-19(23(24)16-6-10-31-22(14-16)38-13-9-30)34-25(37)20-8-12-36(35-20)17-7-11-32-33-15-17/h4-8,10-12,14-15,18H,1-3,9,13,30H2,(H,34,37). The molecule has 0 bridgehead atoms. The summed E-state index contributed by atoms with van der Waals surface area (Å²) in [6.45, 7) is 0.334. The second-order valence-electron chi connectivity index (χ2n) is 8.75. The number of rotatable bonds is 9. The maximum atomic E-state index is 14.6. The third-order valence-electron chi connectivity index (χ3n) is 6.09. The zero-order chi connectivity index (χ0) is 27.4. The lowest BCUT2D eigenvalue weighted by Gasteiger charge is -2.29. The highest BCUT2D eigenvalue weighted by Crippen LogP contribution is 2.47. The summed E-state index contributed by atoms with van der Waals surface area (Å²) in [5.41, 5.74) is 4.81. The highest BCUT2D eigenvalue weighted by molar-refractivity contribution is 6.05. The van der Waals surface area contributed by atoms with Crippen LogP contribution in [0.2, 0.25) is 0 Å². The Balaban J connectivity index is 1.56. The van der Waals surface area contributed by atoms with E-state index in [4.69, 9.17) is 15.2 Å². The van der Waals surface area contributed by atoms with Gasteiger partial charge < -0.3 is 20.5 Å². The van der Waals surface area contributed by atoms with E-state index in [0.717, 1.165) is 6.42 Å². The van der Waals surface area contributed by atoms with Crippen LogP contribution in [-0.4, -0.2) is 50.1 Å². The molecule has 10 nitrogen and oxygen atoms in total. The minimum atomic E-state index is -4.80. The molecule has 1 amide bonds. The van der Waals surface area contributed by atoms with Crippen LogP contribution in [0.3, 0.4) is 0 Å². The molecular weight excluding hydrogens is 515 g/mol. The van der Waals surface area contributed by atoms with Gasteiger partial charge in [0.15, 0.2) is 5.69 Å². The second-order valence-corrected chi connectivity index (χ2v) is 8.75. The molecule has 13 heteroatoms. The SMILES string of the molecule is NCCOc1cc(-c2c(NC(=O)c3ccn(-c4ccnnc4)n3)ccc(OC3CCC3)c2C(F)(F)F)ccn1. The fourth-order valence-corrected chi connectivity index (χ4v) is 4.04. The van der Waals surface area contributed by atoms with Crippen LogP contribution in [0.1, 0.15) is 35.3 Å². The molecule has 1 fully saturated rings. The molecule has 0 aliphatic heterocycles. The second kappa shape index (κ2) is 11.1. The quantitative estimate of drug-likeness (QED) is 0.323. The van der Waals surface area contributed by atoms with Gasteiger partial charge in [0.1, 0.15) is 17.9 Å². The fourth-order valence-electron chi connectivity index (χ4n) is 4.04. The Morgan fingerprint density at radius 3 is 2.67 bits per heavy atom. The third kappa shape index (κ3) is 5.82. The van der Waals surface area contributed by atoms with Gasteiger partial charge in [-0.05, 0) is 55.2 Å². The zero-order valence-corrected chi connectivity index (χ0v) is 20.6. The first-order valence-corrected chi connectivity index (χ1v) is 12.2. The van der Waals surface area contributed by atoms with Crippen LogP contribution < -0.4 is 20.5 Å². The van der Waals surface area contributed by atoms with E-state index in [1.807, 2.05) is 0 Å². The van der Waals surface area contributed by atoms with Crippen LogP contribution in [0.25, 0.3) is 16.8 Å². The summed E-state index contributed by atoms with van der Waals surface area (Å²) < 4.78 is 56.4. The van der Waals surface area contributed by atoms with Crippen molar-refractivity contribution < 1.29 is 27.4 Å². The Hall–Kier alpha value is -4.52. The maximum absolute atomic E-state index is 14.6. The molecule has 0 spiro atoms. The molecule has 202 valence electrons. The molecule has 3 aromatic heterocycles. The summed E-state index contributed by atoms with van der Waals surface area (Å²) in [4.78, 5) is 17.2. The average molecular weight is 540 g/mol. The van der Waals surface area contributed by atoms with Crippen molar-refractivity contribution in [3.8, 4) is 28.4 Å². The summed E-state index contributed by atoms with van der Waals surface area (Å²) in [6.07, 6.45) is 2.93. The number of carbonyl (C=O) groups excluding carboxylic acids is 1. The lowest BCUT2D eigenvalue weighted by atomic mass is 9.94. The molecule has 1 saturated carbocycles. The first-order chi connectivity index (χ1) is 18.8. The topological polar surface area (TPSA) is 130 Å². The number of hydrogen-bond donors (Lipinski definition) is 2. The van der Waals surface area contributed by atoms with Crippen LogP contribution in [0.4, 0.5) is 18.9 Å². The minimum Gasteiger partial charge on any atom is -0.490 e. The van der Waals surface area contributed by atoms with E-state index in [2.05, 4.69) is 25.6 Å². The van der Waals surface area contributed by atoms with E-state index >= 15 is 0 Å². The summed E-state index contributed by atoms with van der Waals surface area (Å²) in [7, 11) is 0. The van der Waals surface area contributed by atoms with Crippen molar-refractivity contribution in [1.29, 1.82) is 0 Å². The smallest absolute Gasteiger partial charge is 0.420 e. The zero-order valence-electron chi connectivity index (χ0n) is 20.6. The van der Waals surface area contributed by atoms with Crippen molar-refractivity contribution in [2.24, 2.45) is 5.73 Å². The number of alkyl halides is 3. The van der Waals surface area contributed by atoms with E-state index < -0.39 is 17.6 Å². The van der Waals surface area contributed by atoms with Crippen molar-refractivity contribution >= 4 is 11.6 Å². The monoisotopic (exact) mass is 539 g/mol. The van der Waals surface area contributed by atoms with Gasteiger partial charge in [-0.2, -0.15) is 28.5 Å². The van der Waals surface area contributed by atoms with Crippen LogP contribution >= 0.6 is 0 Å². The van der Waals surface area contributed by atoms with Crippen molar-refractivity contribution in [2.45, 2.75) is 31.5 Å². The molecule has 4 aromatic rings. The highest BCUT2D eigenvalue weighted by Gasteiger charge is 2.40. The average Bonchev–Trinajstić information content (AvgIpc) is 3.40. The van der Waals surface area contributed by atoms with Gasteiger partial charge in [-0.1, -0.05) is 0 Å². The summed E-state index contributed by atoms with van der Waals surface area (Å²) in [5, 5.41) is 14.3. The van der Waals surface area contributed by atoms with Gasteiger partial charge >= 0.3 is 6.18 Å². The molecule has 0 unspecified atom stereocenters. The number of hydrogen-bond acceptors (Lipinski definition) is 8. The van der Waals surface area contributed by atoms with Crippen LogP contribution in [0, 0.1) is 0 Å². The van der Waals surface area contributed by atoms with E-state index in [1.54, 1.807) is 6.07 Å². The van der Waals surface area contributed by atoms with Gasteiger partial charge in [0, 0.05) is 36.3 Å². The third-order valence-corrected chi connectivity index (χ3v) is 6.09. The molecule has 5 rings (SSSR count). The number of amides is 1. The molecule has 0 saturated heterocycles. The van der Waals surface area contributed by atoms with E-state index in [0.29, 0.717) is 18.5 Å². The largest absolute Gasteiger partial charge is 0.490 e. The molecule has 3 heterocycles. The Morgan fingerprint density at radius 1 is 1.13 bits per heavy atom. The Morgan fingerprint density at radius 2 is 1.97 bits per heavy atom. The highest BCUT2D eigenvalue weighted by atomic mass is 19.4. The first-order valence-electron chi connectivity index (χ1n) is 12.2. The maximum Gasteiger partial charge on any atom is 0.420 e. The number of anilines is 1. The first kappa shape index (κ1) is 26.1. The number of pyridine rings is 1. The van der Waals surface area contributed by atoms with Gasteiger partial charge in [0.05, 0.1) is 24.2 Å².